The van der Waals surface area contributed by atoms with Crippen LogP contribution in [-0.4, -0.2) is 9.97 Å². The average Bonchev–Trinajstić information content (AvgIpc) is 2.63. The summed E-state index contributed by atoms with van der Waals surface area (Å²) >= 11 is 5.63. The van der Waals surface area contributed by atoms with Gasteiger partial charge in [0.1, 0.15) is 5.75 Å². The van der Waals surface area contributed by atoms with Crippen LogP contribution in [0, 0.1) is 6.92 Å². The minimum absolute atomic E-state index is 0.169. The summed E-state index contributed by atoms with van der Waals surface area (Å²) in [6.45, 7) is 2.29. The lowest BCUT2D eigenvalue weighted by Crippen LogP contribution is -2.05. The van der Waals surface area contributed by atoms with Crippen molar-refractivity contribution in [3.05, 3.63) is 89.0 Å². The molecule has 24 heavy (non-hydrogen) atoms. The normalized spacial score (nSPS) is 10.6. The van der Waals surface area contributed by atoms with Gasteiger partial charge in [-0.15, -0.1) is 0 Å². The molecule has 0 aliphatic carbocycles. The Labute approximate surface area is 147 Å². The second-order valence-electron chi connectivity index (χ2n) is 5.80. The van der Waals surface area contributed by atoms with E-state index in [9.17, 15) is 5.11 Å². The monoisotopic (exact) mass is 333 g/mol. The highest BCUT2D eigenvalue weighted by Gasteiger charge is 2.15. The number of hydrogen-bond donors (Lipinski definition) is 2. The molecule has 2 nitrogen and oxygen atoms in total. The molecule has 0 fully saturated rings. The standard InChI is InChI=1S/C21H19NOS/c1-14-7-9-16(10-8-14)21(24)19-12-17(11-18(13-22)20(19)23)15-5-3-2-4-6-15/h2-12,23H,13,22H2,1H3. The maximum Gasteiger partial charge on any atom is 0.128 e. The number of aryl methyl sites for hydroxylation is 1. The highest BCUT2D eigenvalue weighted by molar-refractivity contribution is 7.81. The molecule has 0 unspecified atom stereocenters. The Balaban J connectivity index is 2.12. The van der Waals surface area contributed by atoms with Crippen LogP contribution in [0.5, 0.6) is 5.75 Å². The van der Waals surface area contributed by atoms with E-state index >= 15 is 0 Å². The van der Waals surface area contributed by atoms with E-state index in [4.69, 9.17) is 18.0 Å². The zero-order valence-corrected chi connectivity index (χ0v) is 14.3. The molecular formula is C21H19NOS. The SMILES string of the molecule is Cc1ccc(C(=S)c2cc(-c3ccccc3)cc(CN)c2O)cc1. The Morgan fingerprint density at radius 2 is 1.62 bits per heavy atom. The molecule has 0 bridgehead atoms. The molecule has 0 aromatic heterocycles. The second-order valence-corrected chi connectivity index (χ2v) is 6.21. The molecular weight excluding hydrogens is 314 g/mol. The van der Waals surface area contributed by atoms with Gasteiger partial charge in [-0.05, 0) is 35.7 Å². The molecule has 3 N–H and O–H groups in total. The summed E-state index contributed by atoms with van der Waals surface area (Å²) in [5, 5.41) is 10.6. The van der Waals surface area contributed by atoms with Gasteiger partial charge in [-0.3, -0.25) is 0 Å². The first-order valence-electron chi connectivity index (χ1n) is 7.83. The topological polar surface area (TPSA) is 46.2 Å². The molecule has 3 rings (SSSR count). The summed E-state index contributed by atoms with van der Waals surface area (Å²) in [5.41, 5.74) is 11.3. The summed E-state index contributed by atoms with van der Waals surface area (Å²) in [4.78, 5) is 0.625. The van der Waals surface area contributed by atoms with Crippen LogP contribution in [0.3, 0.4) is 0 Å². The quantitative estimate of drug-likeness (QED) is 0.542. The molecule has 3 heteroatoms. The van der Waals surface area contributed by atoms with Crippen molar-refractivity contribution < 1.29 is 5.11 Å². The first-order valence-corrected chi connectivity index (χ1v) is 8.23. The van der Waals surface area contributed by atoms with Crippen LogP contribution in [-0.2, 0) is 6.54 Å². The molecule has 0 atom stereocenters. The van der Waals surface area contributed by atoms with Gasteiger partial charge in [0.05, 0.1) is 4.86 Å². The van der Waals surface area contributed by atoms with E-state index in [1.54, 1.807) is 0 Å². The van der Waals surface area contributed by atoms with Crippen molar-refractivity contribution in [2.24, 2.45) is 5.73 Å². The van der Waals surface area contributed by atoms with Gasteiger partial charge in [-0.25, -0.2) is 0 Å². The smallest absolute Gasteiger partial charge is 0.128 e. The number of rotatable bonds is 4. The van der Waals surface area contributed by atoms with E-state index in [1.165, 1.54) is 5.56 Å². The maximum absolute atomic E-state index is 10.6. The predicted octanol–water partition coefficient (Wildman–Crippen LogP) is 4.59. The Morgan fingerprint density at radius 1 is 0.958 bits per heavy atom. The van der Waals surface area contributed by atoms with Crippen molar-refractivity contribution >= 4 is 17.1 Å². The predicted molar refractivity (Wildman–Crippen MR) is 103 cm³/mol. The minimum atomic E-state index is 0.169. The van der Waals surface area contributed by atoms with Crippen molar-refractivity contribution in [3.63, 3.8) is 0 Å². The summed E-state index contributed by atoms with van der Waals surface area (Å²) in [7, 11) is 0. The van der Waals surface area contributed by atoms with Gasteiger partial charge in [0.25, 0.3) is 0 Å². The Kier molecular flexibility index (Phi) is 4.74. The zero-order chi connectivity index (χ0) is 17.1. The van der Waals surface area contributed by atoms with Gasteiger partial charge in [-0.2, -0.15) is 0 Å². The van der Waals surface area contributed by atoms with Crippen LogP contribution in [0.1, 0.15) is 22.3 Å². The van der Waals surface area contributed by atoms with Crippen molar-refractivity contribution in [2.45, 2.75) is 13.5 Å². The fourth-order valence-corrected chi connectivity index (χ4v) is 2.97. The van der Waals surface area contributed by atoms with Crippen molar-refractivity contribution in [3.8, 4) is 16.9 Å². The third-order valence-corrected chi connectivity index (χ3v) is 4.53. The number of benzene rings is 3. The van der Waals surface area contributed by atoms with Crippen LogP contribution in [0.4, 0.5) is 0 Å². The van der Waals surface area contributed by atoms with E-state index in [2.05, 4.69) is 0 Å². The van der Waals surface area contributed by atoms with E-state index in [0.29, 0.717) is 16.0 Å². The Bertz CT molecular complexity index is 870. The highest BCUT2D eigenvalue weighted by Crippen LogP contribution is 2.32. The van der Waals surface area contributed by atoms with Crippen LogP contribution in [0.15, 0.2) is 66.7 Å². The van der Waals surface area contributed by atoms with E-state index in [-0.39, 0.29) is 12.3 Å². The number of thiocarbonyl (C=S) groups is 1. The lowest BCUT2D eigenvalue weighted by molar-refractivity contribution is 0.467. The molecule has 0 aliphatic heterocycles. The molecule has 0 amide bonds. The van der Waals surface area contributed by atoms with Crippen LogP contribution >= 0.6 is 12.2 Å². The molecule has 3 aromatic carbocycles. The molecule has 0 aliphatic rings. The lowest BCUT2D eigenvalue weighted by Gasteiger charge is -2.14. The number of hydrogen-bond acceptors (Lipinski definition) is 3. The average molecular weight is 333 g/mol. The van der Waals surface area contributed by atoms with Gasteiger partial charge in [0.15, 0.2) is 0 Å². The number of aromatic hydroxyl groups is 1. The summed E-state index contributed by atoms with van der Waals surface area (Å²) < 4.78 is 0. The number of phenols is 1. The van der Waals surface area contributed by atoms with Crippen LogP contribution in [0.2, 0.25) is 0 Å². The molecule has 0 spiro atoms. The van der Waals surface area contributed by atoms with Gasteiger partial charge in [-0.1, -0.05) is 72.4 Å². The first-order chi connectivity index (χ1) is 11.6. The molecule has 0 radical (unpaired) electrons. The fourth-order valence-electron chi connectivity index (χ4n) is 2.68. The van der Waals surface area contributed by atoms with E-state index < -0.39 is 0 Å². The Morgan fingerprint density at radius 3 is 2.25 bits per heavy atom. The second kappa shape index (κ2) is 6.95. The van der Waals surface area contributed by atoms with Crippen LogP contribution < -0.4 is 5.73 Å². The molecule has 3 aromatic rings. The summed E-state index contributed by atoms with van der Waals surface area (Å²) in [6, 6.07) is 21.9. The number of nitrogens with two attached hydrogens (primary N) is 1. The Hall–Kier alpha value is -2.49. The number of phenolic OH excluding ortho intramolecular Hbond substituents is 1. The maximum atomic E-state index is 10.6. The molecule has 0 saturated carbocycles. The van der Waals surface area contributed by atoms with E-state index in [0.717, 1.165) is 16.7 Å². The van der Waals surface area contributed by atoms with Gasteiger partial charge in [0, 0.05) is 17.7 Å². The van der Waals surface area contributed by atoms with Crippen molar-refractivity contribution in [1.82, 2.24) is 0 Å². The summed E-state index contributed by atoms with van der Waals surface area (Å²) in [6.07, 6.45) is 0. The highest BCUT2D eigenvalue weighted by atomic mass is 32.1. The zero-order valence-electron chi connectivity index (χ0n) is 13.5. The molecule has 0 heterocycles. The van der Waals surface area contributed by atoms with Crippen molar-refractivity contribution in [1.29, 1.82) is 0 Å². The largest absolute Gasteiger partial charge is 0.507 e. The fraction of sp³-hybridized carbons (Fsp3) is 0.0952. The van der Waals surface area contributed by atoms with E-state index in [1.807, 2.05) is 73.7 Å². The van der Waals surface area contributed by atoms with Gasteiger partial charge in [0.2, 0.25) is 0 Å². The minimum Gasteiger partial charge on any atom is -0.507 e. The van der Waals surface area contributed by atoms with Crippen molar-refractivity contribution in [2.75, 3.05) is 0 Å². The van der Waals surface area contributed by atoms with Crippen LogP contribution in [0.25, 0.3) is 11.1 Å². The molecule has 120 valence electrons. The van der Waals surface area contributed by atoms with Gasteiger partial charge >= 0.3 is 0 Å². The third kappa shape index (κ3) is 3.23. The molecule has 0 saturated heterocycles. The van der Waals surface area contributed by atoms with Gasteiger partial charge < -0.3 is 10.8 Å². The summed E-state index contributed by atoms with van der Waals surface area (Å²) in [5.74, 6) is 0.169. The first kappa shape index (κ1) is 16.4. The lowest BCUT2D eigenvalue weighted by atomic mass is 9.94. The third-order valence-electron chi connectivity index (χ3n) is 4.07.